The van der Waals surface area contributed by atoms with E-state index >= 15 is 0 Å². The summed E-state index contributed by atoms with van der Waals surface area (Å²) in [6.07, 6.45) is 0. The van der Waals surface area contributed by atoms with E-state index in [1.54, 1.807) is 30.3 Å². The number of benzene rings is 3. The van der Waals surface area contributed by atoms with Gasteiger partial charge < -0.3 is 0 Å². The topological polar surface area (TPSA) is 43.4 Å². The van der Waals surface area contributed by atoms with Crippen LogP contribution in [0.5, 0.6) is 0 Å². The van der Waals surface area contributed by atoms with Gasteiger partial charge in [0.25, 0.3) is 0 Å². The van der Waals surface area contributed by atoms with Crippen LogP contribution >= 0.6 is 20.2 Å². The molecular weight excluding hydrogens is 516 g/mol. The first-order valence-electron chi connectivity index (χ1n) is 8.20. The summed E-state index contributed by atoms with van der Waals surface area (Å²) in [5.74, 6) is 2.76. The third-order valence-electron chi connectivity index (χ3n) is 3.63. The predicted molar refractivity (Wildman–Crippen MR) is 114 cm³/mol. The second-order valence-corrected chi connectivity index (χ2v) is 11.5. The molecule has 0 radical (unpaired) electrons. The van der Waals surface area contributed by atoms with E-state index in [0.717, 1.165) is 11.1 Å². The maximum atomic E-state index is 12.7. The van der Waals surface area contributed by atoms with Crippen LogP contribution in [0.4, 0.5) is 13.2 Å². The first-order chi connectivity index (χ1) is 13.8. The molecule has 0 aliphatic heterocycles. The molecule has 0 aromatic heterocycles. The first kappa shape index (κ1) is 21.4. The summed E-state index contributed by atoms with van der Waals surface area (Å²) in [6, 6.07) is 24.7. The normalized spacial score (nSPS) is 12.0. The fourth-order valence-corrected chi connectivity index (χ4v) is 7.43. The molecule has 0 fully saturated rings. The van der Waals surface area contributed by atoms with Gasteiger partial charge in [0.05, 0.1) is 0 Å². The van der Waals surface area contributed by atoms with Crippen LogP contribution in [0.2, 0.25) is 0 Å². The molecule has 3 aromatic rings. The fraction of sp³-hybridized carbons (Fsp3) is 0.0476. The van der Waals surface area contributed by atoms with Crippen molar-refractivity contribution >= 4 is 30.4 Å². The van der Waals surface area contributed by atoms with E-state index in [1.807, 2.05) is 42.5 Å². The average Bonchev–Trinajstić information content (AvgIpc) is 2.72. The summed E-state index contributed by atoms with van der Waals surface area (Å²) in [5, 5.41) is 0. The molecule has 0 aliphatic rings. The van der Waals surface area contributed by atoms with E-state index in [2.05, 4.69) is 12.4 Å². The van der Waals surface area contributed by atoms with Gasteiger partial charge in [-0.15, -0.1) is 0 Å². The molecule has 0 bridgehead atoms. The van der Waals surface area contributed by atoms with Crippen molar-refractivity contribution in [2.45, 2.75) is 5.51 Å². The molecular formula is C21H14F3IO3S. The zero-order valence-electron chi connectivity index (χ0n) is 14.7. The van der Waals surface area contributed by atoms with Crippen molar-refractivity contribution in [1.82, 2.24) is 0 Å². The zero-order chi connectivity index (χ0) is 20.9. The van der Waals surface area contributed by atoms with Gasteiger partial charge >= 0.3 is 175 Å². The van der Waals surface area contributed by atoms with Gasteiger partial charge in [0.2, 0.25) is 0 Å². The zero-order valence-corrected chi connectivity index (χ0v) is 17.7. The number of halogens is 4. The Hall–Kier alpha value is -2.35. The minimum absolute atomic E-state index is 0.359. The van der Waals surface area contributed by atoms with Gasteiger partial charge in [-0.1, -0.05) is 0 Å². The van der Waals surface area contributed by atoms with Crippen molar-refractivity contribution in [2.75, 3.05) is 0 Å². The molecule has 8 heteroatoms. The standard InChI is InChI=1S/C21H14F3IO3S/c22-21(23,24)29(26,27)28-25(20-9-5-2-6-10-20)16-15-17-11-13-19(14-12-17)18-7-3-1-4-8-18/h1-14H. The monoisotopic (exact) mass is 530 g/mol. The van der Waals surface area contributed by atoms with E-state index < -0.39 is 35.9 Å². The third-order valence-corrected chi connectivity index (χ3v) is 9.60. The summed E-state index contributed by atoms with van der Waals surface area (Å²) in [5.41, 5.74) is -2.96. The predicted octanol–water partition coefficient (Wildman–Crippen LogP) is 5.82. The third kappa shape index (κ3) is 5.59. The Morgan fingerprint density at radius 3 is 1.83 bits per heavy atom. The molecule has 0 amide bonds. The molecule has 0 unspecified atom stereocenters. The fourth-order valence-electron chi connectivity index (χ4n) is 2.23. The Morgan fingerprint density at radius 2 is 1.28 bits per heavy atom. The van der Waals surface area contributed by atoms with Gasteiger partial charge in [-0.3, -0.25) is 0 Å². The molecule has 0 N–H and O–H groups in total. The Morgan fingerprint density at radius 1 is 0.759 bits per heavy atom. The van der Waals surface area contributed by atoms with Gasteiger partial charge in [-0.05, 0) is 0 Å². The number of hydrogen-bond donors (Lipinski definition) is 0. The Labute approximate surface area is 174 Å². The van der Waals surface area contributed by atoms with Crippen LogP contribution in [0.1, 0.15) is 5.56 Å². The van der Waals surface area contributed by atoms with Crippen LogP contribution < -0.4 is 0 Å². The van der Waals surface area contributed by atoms with Crippen molar-refractivity contribution in [2.24, 2.45) is 0 Å². The molecule has 3 rings (SSSR count). The van der Waals surface area contributed by atoms with Gasteiger partial charge in [-0.2, -0.15) is 0 Å². The summed E-state index contributed by atoms with van der Waals surface area (Å²) < 4.78 is 68.7. The summed E-state index contributed by atoms with van der Waals surface area (Å²) in [6.45, 7) is 0. The van der Waals surface area contributed by atoms with Crippen LogP contribution in [0, 0.1) is 13.4 Å². The van der Waals surface area contributed by atoms with E-state index in [0.29, 0.717) is 9.13 Å². The SMILES string of the molecule is O=S(=O)(OI(C#Cc1ccc(-c2ccccc2)cc1)c1ccccc1)C(F)(F)F. The Bertz CT molecular complexity index is 1120. The molecule has 150 valence electrons. The molecule has 29 heavy (non-hydrogen) atoms. The van der Waals surface area contributed by atoms with Crippen LogP contribution in [-0.4, -0.2) is 13.9 Å². The van der Waals surface area contributed by atoms with Crippen molar-refractivity contribution in [1.29, 1.82) is 0 Å². The number of alkyl halides is 3. The van der Waals surface area contributed by atoms with E-state index in [9.17, 15) is 21.6 Å². The van der Waals surface area contributed by atoms with Crippen molar-refractivity contribution in [3.8, 4) is 21.0 Å². The average molecular weight is 530 g/mol. The molecule has 0 spiro atoms. The molecule has 0 atom stereocenters. The Balaban J connectivity index is 1.88. The molecule has 3 nitrogen and oxygen atoms in total. The van der Waals surface area contributed by atoms with Crippen LogP contribution in [-0.2, 0) is 12.6 Å². The van der Waals surface area contributed by atoms with E-state index in [4.69, 9.17) is 0 Å². The minimum atomic E-state index is -5.73. The van der Waals surface area contributed by atoms with Gasteiger partial charge in [0.15, 0.2) is 0 Å². The maximum absolute atomic E-state index is 12.7. The molecule has 0 aliphatic carbocycles. The molecule has 0 heterocycles. The van der Waals surface area contributed by atoms with Crippen LogP contribution in [0.25, 0.3) is 11.1 Å². The molecule has 3 aromatic carbocycles. The van der Waals surface area contributed by atoms with Gasteiger partial charge in [0, 0.05) is 0 Å². The van der Waals surface area contributed by atoms with Crippen molar-refractivity contribution < 1.29 is 24.1 Å². The quantitative estimate of drug-likeness (QED) is 0.243. The molecule has 0 saturated heterocycles. The van der Waals surface area contributed by atoms with Crippen molar-refractivity contribution in [3.63, 3.8) is 0 Å². The first-order valence-corrected chi connectivity index (χ1v) is 12.6. The van der Waals surface area contributed by atoms with E-state index in [-0.39, 0.29) is 0 Å². The second-order valence-electron chi connectivity index (χ2n) is 5.67. The molecule has 0 saturated carbocycles. The van der Waals surface area contributed by atoms with Crippen LogP contribution in [0.3, 0.4) is 0 Å². The van der Waals surface area contributed by atoms with Gasteiger partial charge in [0.1, 0.15) is 0 Å². The summed E-state index contributed by atoms with van der Waals surface area (Å²) >= 11 is -3.44. The second kappa shape index (κ2) is 8.98. The summed E-state index contributed by atoms with van der Waals surface area (Å²) in [4.78, 5) is 0. The number of hydrogen-bond acceptors (Lipinski definition) is 3. The Kier molecular flexibility index (Phi) is 6.62. The number of rotatable bonds is 4. The summed E-state index contributed by atoms with van der Waals surface area (Å²) in [7, 11) is -5.73. The van der Waals surface area contributed by atoms with E-state index in [1.165, 1.54) is 12.1 Å². The van der Waals surface area contributed by atoms with Crippen molar-refractivity contribution in [3.05, 3.63) is 94.1 Å². The van der Waals surface area contributed by atoms with Gasteiger partial charge in [-0.25, -0.2) is 0 Å². The van der Waals surface area contributed by atoms with Crippen LogP contribution in [0.15, 0.2) is 84.9 Å².